The average molecular weight is 343 g/mol. The Bertz CT molecular complexity index is 761. The topological polar surface area (TPSA) is 76.2 Å². The Balaban J connectivity index is 1.54. The van der Waals surface area contributed by atoms with Crippen molar-refractivity contribution in [2.45, 2.75) is 50.6 Å². The minimum atomic E-state index is -0.0536. The number of rotatable bonds is 5. The van der Waals surface area contributed by atoms with Crippen LogP contribution in [0.1, 0.15) is 72.0 Å². The number of hydrogen-bond acceptors (Lipinski definition) is 5. The number of amides is 1. The Morgan fingerprint density at radius 1 is 1.32 bits per heavy atom. The molecule has 0 radical (unpaired) electrons. The molecule has 134 valence electrons. The van der Waals surface area contributed by atoms with Crippen LogP contribution in [-0.2, 0) is 13.6 Å². The highest BCUT2D eigenvalue weighted by molar-refractivity contribution is 5.92. The van der Waals surface area contributed by atoms with Crippen LogP contribution >= 0.6 is 0 Å². The van der Waals surface area contributed by atoms with Gasteiger partial charge in [-0.1, -0.05) is 11.6 Å². The molecule has 2 aromatic heterocycles. The highest BCUT2D eigenvalue weighted by atomic mass is 16.5. The van der Waals surface area contributed by atoms with E-state index in [4.69, 9.17) is 4.52 Å². The minimum absolute atomic E-state index is 0.0536. The van der Waals surface area contributed by atoms with Gasteiger partial charge >= 0.3 is 0 Å². The second-order valence-corrected chi connectivity index (χ2v) is 7.08. The van der Waals surface area contributed by atoms with Crippen molar-refractivity contribution in [3.8, 4) is 0 Å². The van der Waals surface area contributed by atoms with E-state index in [0.29, 0.717) is 24.0 Å². The summed E-state index contributed by atoms with van der Waals surface area (Å²) in [4.78, 5) is 19.0. The third-order valence-electron chi connectivity index (χ3n) is 5.34. The molecule has 1 N–H and O–H groups in total. The number of carbonyl (C=O) groups is 1. The molecule has 0 aromatic carbocycles. The average Bonchev–Trinajstić information content (AvgIpc) is 3.26. The van der Waals surface area contributed by atoms with E-state index in [2.05, 4.69) is 26.4 Å². The molecular weight excluding hydrogens is 318 g/mol. The zero-order chi connectivity index (χ0) is 17.4. The lowest BCUT2D eigenvalue weighted by atomic mass is 9.99. The lowest BCUT2D eigenvalue weighted by molar-refractivity contribution is 0.0950. The standard InChI is InChI=1S/C18H25N5O2/c1-19-18(24)15-9-8-13(22(15)2)14-5-3-4-10-23(14)11-16-20-17(21-25-16)12-6-7-12/h8-9,12,14H,3-7,10-11H2,1-2H3,(H,19,24)/t14-/m1/s1. The fourth-order valence-corrected chi connectivity index (χ4v) is 3.75. The molecule has 7 heteroatoms. The molecule has 1 saturated heterocycles. The fourth-order valence-electron chi connectivity index (χ4n) is 3.75. The number of hydrogen-bond donors (Lipinski definition) is 1. The molecule has 1 aliphatic carbocycles. The zero-order valence-electron chi connectivity index (χ0n) is 14.9. The van der Waals surface area contributed by atoms with Gasteiger partial charge in [-0.15, -0.1) is 0 Å². The van der Waals surface area contributed by atoms with E-state index in [9.17, 15) is 4.79 Å². The molecule has 2 aromatic rings. The highest BCUT2D eigenvalue weighted by Crippen LogP contribution is 2.38. The number of aromatic nitrogens is 3. The molecule has 0 unspecified atom stereocenters. The van der Waals surface area contributed by atoms with E-state index in [1.807, 2.05) is 17.7 Å². The first-order valence-corrected chi connectivity index (χ1v) is 9.11. The normalized spacial score (nSPS) is 21.4. The molecule has 0 spiro atoms. The Morgan fingerprint density at radius 2 is 2.16 bits per heavy atom. The molecule has 1 saturated carbocycles. The molecular formula is C18H25N5O2. The summed E-state index contributed by atoms with van der Waals surface area (Å²) >= 11 is 0. The molecule has 2 aliphatic rings. The fraction of sp³-hybridized carbons (Fsp3) is 0.611. The Hall–Kier alpha value is -2.15. The summed E-state index contributed by atoms with van der Waals surface area (Å²) in [5.41, 5.74) is 1.86. The quantitative estimate of drug-likeness (QED) is 0.902. The van der Waals surface area contributed by atoms with Crippen LogP contribution in [0.25, 0.3) is 0 Å². The van der Waals surface area contributed by atoms with Crippen molar-refractivity contribution in [1.82, 2.24) is 24.9 Å². The van der Waals surface area contributed by atoms with Gasteiger partial charge in [0.2, 0.25) is 5.89 Å². The zero-order valence-corrected chi connectivity index (χ0v) is 14.9. The van der Waals surface area contributed by atoms with Crippen LogP contribution in [0.3, 0.4) is 0 Å². The number of piperidine rings is 1. The SMILES string of the molecule is CNC(=O)c1ccc([C@H]2CCCCN2Cc2nc(C3CC3)no2)n1C. The third kappa shape index (κ3) is 3.20. The first-order chi connectivity index (χ1) is 12.2. The van der Waals surface area contributed by atoms with Gasteiger partial charge < -0.3 is 14.4 Å². The van der Waals surface area contributed by atoms with Gasteiger partial charge in [-0.3, -0.25) is 9.69 Å². The Morgan fingerprint density at radius 3 is 2.92 bits per heavy atom. The third-order valence-corrected chi connectivity index (χ3v) is 5.34. The second kappa shape index (κ2) is 6.63. The predicted octanol–water partition coefficient (Wildman–Crippen LogP) is 2.37. The summed E-state index contributed by atoms with van der Waals surface area (Å²) < 4.78 is 7.48. The van der Waals surface area contributed by atoms with Crippen molar-refractivity contribution in [3.05, 3.63) is 35.2 Å². The number of nitrogens with one attached hydrogen (secondary N) is 1. The lowest BCUT2D eigenvalue weighted by Gasteiger charge is -2.35. The second-order valence-electron chi connectivity index (χ2n) is 7.08. The van der Waals surface area contributed by atoms with Gasteiger partial charge in [0.25, 0.3) is 5.91 Å². The Labute approximate surface area is 147 Å². The van der Waals surface area contributed by atoms with Crippen molar-refractivity contribution in [2.24, 2.45) is 7.05 Å². The van der Waals surface area contributed by atoms with Gasteiger partial charge in [0.15, 0.2) is 5.82 Å². The van der Waals surface area contributed by atoms with Gasteiger partial charge in [-0.2, -0.15) is 4.98 Å². The van der Waals surface area contributed by atoms with Gasteiger partial charge in [0.1, 0.15) is 5.69 Å². The smallest absolute Gasteiger partial charge is 0.267 e. The first-order valence-electron chi connectivity index (χ1n) is 9.11. The summed E-state index contributed by atoms with van der Waals surface area (Å²) in [6.07, 6.45) is 5.80. The first kappa shape index (κ1) is 16.3. The number of nitrogens with zero attached hydrogens (tertiary/aromatic N) is 4. The molecule has 0 bridgehead atoms. The molecule has 2 fully saturated rings. The Kier molecular flexibility index (Phi) is 4.33. The van der Waals surface area contributed by atoms with Crippen LogP contribution in [0.15, 0.2) is 16.7 Å². The molecule has 25 heavy (non-hydrogen) atoms. The van der Waals surface area contributed by atoms with Crippen LogP contribution in [-0.4, -0.2) is 39.1 Å². The highest BCUT2D eigenvalue weighted by Gasteiger charge is 2.31. The minimum Gasteiger partial charge on any atom is -0.354 e. The molecule has 1 aliphatic heterocycles. The molecule has 3 heterocycles. The molecule has 4 rings (SSSR count). The van der Waals surface area contributed by atoms with Crippen LogP contribution in [0.2, 0.25) is 0 Å². The maximum Gasteiger partial charge on any atom is 0.267 e. The van der Waals surface area contributed by atoms with Crippen LogP contribution in [0.4, 0.5) is 0 Å². The molecule has 1 amide bonds. The van der Waals surface area contributed by atoms with Crippen LogP contribution in [0.5, 0.6) is 0 Å². The van der Waals surface area contributed by atoms with Crippen molar-refractivity contribution in [2.75, 3.05) is 13.6 Å². The van der Waals surface area contributed by atoms with E-state index in [-0.39, 0.29) is 11.9 Å². The number of carbonyl (C=O) groups excluding carboxylic acids is 1. The van der Waals surface area contributed by atoms with Crippen molar-refractivity contribution < 1.29 is 9.32 Å². The summed E-state index contributed by atoms with van der Waals surface area (Å²) in [6.45, 7) is 1.68. The summed E-state index contributed by atoms with van der Waals surface area (Å²) in [7, 11) is 3.62. The monoisotopic (exact) mass is 343 g/mol. The van der Waals surface area contributed by atoms with E-state index in [0.717, 1.165) is 18.8 Å². The predicted molar refractivity (Wildman–Crippen MR) is 92.1 cm³/mol. The van der Waals surface area contributed by atoms with E-state index in [1.165, 1.54) is 31.4 Å². The number of likely N-dealkylation sites (tertiary alicyclic amines) is 1. The van der Waals surface area contributed by atoms with Gasteiger partial charge in [0.05, 0.1) is 12.6 Å². The molecule has 1 atom stereocenters. The van der Waals surface area contributed by atoms with Gasteiger partial charge in [-0.25, -0.2) is 0 Å². The molecule has 7 nitrogen and oxygen atoms in total. The van der Waals surface area contributed by atoms with Crippen molar-refractivity contribution >= 4 is 5.91 Å². The van der Waals surface area contributed by atoms with E-state index in [1.54, 1.807) is 7.05 Å². The van der Waals surface area contributed by atoms with Crippen LogP contribution in [0, 0.1) is 0 Å². The maximum absolute atomic E-state index is 12.0. The van der Waals surface area contributed by atoms with Gasteiger partial charge in [-0.05, 0) is 44.4 Å². The van der Waals surface area contributed by atoms with Crippen molar-refractivity contribution in [3.63, 3.8) is 0 Å². The lowest BCUT2D eigenvalue weighted by Crippen LogP contribution is -2.34. The summed E-state index contributed by atoms with van der Waals surface area (Å²) in [5.74, 6) is 2.03. The van der Waals surface area contributed by atoms with E-state index < -0.39 is 0 Å². The maximum atomic E-state index is 12.0. The van der Waals surface area contributed by atoms with Crippen LogP contribution < -0.4 is 5.32 Å². The van der Waals surface area contributed by atoms with E-state index >= 15 is 0 Å². The van der Waals surface area contributed by atoms with Crippen molar-refractivity contribution in [1.29, 1.82) is 0 Å². The summed E-state index contributed by atoms with van der Waals surface area (Å²) in [5, 5.41) is 6.83. The largest absolute Gasteiger partial charge is 0.354 e. The van der Waals surface area contributed by atoms with Gasteiger partial charge in [0, 0.05) is 25.7 Å². The summed E-state index contributed by atoms with van der Waals surface area (Å²) in [6, 6.07) is 4.24.